The fourth-order valence-corrected chi connectivity index (χ4v) is 5.67. The Labute approximate surface area is 148 Å². The van der Waals surface area contributed by atoms with Gasteiger partial charge in [0.05, 0.1) is 27.3 Å². The molecule has 0 aliphatic carbocycles. The van der Waals surface area contributed by atoms with Gasteiger partial charge in [-0.1, -0.05) is 42.0 Å². The van der Waals surface area contributed by atoms with Crippen LogP contribution in [0.2, 0.25) is 0 Å². The molecule has 1 atom stereocenters. The van der Waals surface area contributed by atoms with Gasteiger partial charge in [0.25, 0.3) is 10.0 Å². The minimum absolute atomic E-state index is 0.0301. The van der Waals surface area contributed by atoms with Crippen molar-refractivity contribution < 1.29 is 16.8 Å². The number of benzene rings is 2. The Kier molecular flexibility index (Phi) is 4.47. The van der Waals surface area contributed by atoms with Crippen molar-refractivity contribution in [1.29, 1.82) is 0 Å². The Hall–Kier alpha value is -2.12. The number of aryl methyl sites for hydroxylation is 1. The molecule has 25 heavy (non-hydrogen) atoms. The molecule has 0 amide bonds. The summed E-state index contributed by atoms with van der Waals surface area (Å²) in [5.74, 6) is 0. The van der Waals surface area contributed by atoms with Crippen LogP contribution in [0.25, 0.3) is 0 Å². The molecular formula is C18H19NO4S2. The SMILES string of the molecule is Cc1ccc(S(=O)(=O)N2C/C=C\C(C)S(=O)(=O)c3ccccc32)cc1. The van der Waals surface area contributed by atoms with E-state index in [-0.39, 0.29) is 22.0 Å². The number of nitrogens with zero attached hydrogens (tertiary/aromatic N) is 1. The molecule has 0 aromatic heterocycles. The molecule has 7 heteroatoms. The lowest BCUT2D eigenvalue weighted by molar-refractivity contribution is 0.588. The van der Waals surface area contributed by atoms with Gasteiger partial charge in [-0.3, -0.25) is 4.31 Å². The van der Waals surface area contributed by atoms with Crippen LogP contribution in [0, 0.1) is 6.92 Å². The van der Waals surface area contributed by atoms with E-state index in [1.807, 2.05) is 6.92 Å². The van der Waals surface area contributed by atoms with Crippen molar-refractivity contribution in [2.45, 2.75) is 28.9 Å². The molecular weight excluding hydrogens is 358 g/mol. The van der Waals surface area contributed by atoms with Gasteiger partial charge in [-0.15, -0.1) is 0 Å². The number of para-hydroxylation sites is 1. The molecule has 1 aliphatic rings. The first-order valence-electron chi connectivity index (χ1n) is 7.83. The Morgan fingerprint density at radius 2 is 1.68 bits per heavy atom. The monoisotopic (exact) mass is 377 g/mol. The van der Waals surface area contributed by atoms with E-state index in [1.165, 1.54) is 30.3 Å². The van der Waals surface area contributed by atoms with Crippen molar-refractivity contribution in [1.82, 2.24) is 0 Å². The van der Waals surface area contributed by atoms with Crippen LogP contribution in [0.3, 0.4) is 0 Å². The molecule has 0 bridgehead atoms. The van der Waals surface area contributed by atoms with Crippen molar-refractivity contribution in [3.63, 3.8) is 0 Å². The highest BCUT2D eigenvalue weighted by molar-refractivity contribution is 7.93. The van der Waals surface area contributed by atoms with E-state index in [2.05, 4.69) is 0 Å². The van der Waals surface area contributed by atoms with Gasteiger partial charge in [0.1, 0.15) is 0 Å². The molecule has 1 unspecified atom stereocenters. The fraction of sp³-hybridized carbons (Fsp3) is 0.222. The summed E-state index contributed by atoms with van der Waals surface area (Å²) < 4.78 is 52.9. The lowest BCUT2D eigenvalue weighted by atomic mass is 10.2. The zero-order chi connectivity index (χ0) is 18.2. The Morgan fingerprint density at radius 1 is 1.04 bits per heavy atom. The zero-order valence-electron chi connectivity index (χ0n) is 14.0. The first-order chi connectivity index (χ1) is 11.7. The molecule has 2 aromatic carbocycles. The quantitative estimate of drug-likeness (QED) is 0.755. The molecule has 1 heterocycles. The smallest absolute Gasteiger partial charge is 0.261 e. The van der Waals surface area contributed by atoms with Crippen LogP contribution in [0.4, 0.5) is 5.69 Å². The highest BCUT2D eigenvalue weighted by atomic mass is 32.2. The third-order valence-corrected chi connectivity index (χ3v) is 8.11. The van der Waals surface area contributed by atoms with E-state index in [0.29, 0.717) is 0 Å². The maximum atomic E-state index is 13.1. The average Bonchev–Trinajstić information content (AvgIpc) is 2.58. The third kappa shape index (κ3) is 3.09. The van der Waals surface area contributed by atoms with E-state index in [9.17, 15) is 16.8 Å². The van der Waals surface area contributed by atoms with Crippen LogP contribution in [-0.4, -0.2) is 28.6 Å². The van der Waals surface area contributed by atoms with Crippen molar-refractivity contribution in [2.24, 2.45) is 0 Å². The summed E-state index contributed by atoms with van der Waals surface area (Å²) in [4.78, 5) is 0.162. The summed E-state index contributed by atoms with van der Waals surface area (Å²) in [6.07, 6.45) is 3.12. The van der Waals surface area contributed by atoms with E-state index >= 15 is 0 Å². The molecule has 132 valence electrons. The summed E-state index contributed by atoms with van der Waals surface area (Å²) in [6, 6.07) is 12.7. The predicted molar refractivity (Wildman–Crippen MR) is 97.9 cm³/mol. The van der Waals surface area contributed by atoms with Gasteiger partial charge in [-0.25, -0.2) is 16.8 Å². The van der Waals surface area contributed by atoms with Crippen molar-refractivity contribution in [3.8, 4) is 0 Å². The largest absolute Gasteiger partial charge is 0.264 e. The van der Waals surface area contributed by atoms with Crippen LogP contribution in [0.15, 0.2) is 70.5 Å². The van der Waals surface area contributed by atoms with Gasteiger partial charge < -0.3 is 0 Å². The van der Waals surface area contributed by atoms with Crippen LogP contribution < -0.4 is 4.31 Å². The summed E-state index contributed by atoms with van der Waals surface area (Å²) in [7, 11) is -7.54. The zero-order valence-corrected chi connectivity index (χ0v) is 15.6. The molecule has 0 N–H and O–H groups in total. The van der Waals surface area contributed by atoms with Gasteiger partial charge in [0.2, 0.25) is 0 Å². The Bertz CT molecular complexity index is 1020. The molecule has 0 spiro atoms. The Balaban J connectivity index is 2.22. The van der Waals surface area contributed by atoms with Crippen LogP contribution in [-0.2, 0) is 19.9 Å². The van der Waals surface area contributed by atoms with Crippen molar-refractivity contribution in [2.75, 3.05) is 10.8 Å². The van der Waals surface area contributed by atoms with E-state index in [1.54, 1.807) is 37.3 Å². The third-order valence-electron chi connectivity index (χ3n) is 4.22. The lowest BCUT2D eigenvalue weighted by Crippen LogP contribution is -2.34. The predicted octanol–water partition coefficient (Wildman–Crippen LogP) is 2.92. The topological polar surface area (TPSA) is 71.5 Å². The second-order valence-corrected chi connectivity index (χ2v) is 10.1. The summed E-state index contributed by atoms with van der Waals surface area (Å²) in [5.41, 5.74) is 1.13. The van der Waals surface area contributed by atoms with Crippen LogP contribution in [0.1, 0.15) is 12.5 Å². The van der Waals surface area contributed by atoms with E-state index < -0.39 is 25.1 Å². The number of rotatable bonds is 2. The molecule has 0 saturated carbocycles. The molecule has 1 aliphatic heterocycles. The number of fused-ring (bicyclic) bond motifs is 1. The maximum Gasteiger partial charge on any atom is 0.264 e. The highest BCUT2D eigenvalue weighted by Gasteiger charge is 2.32. The van der Waals surface area contributed by atoms with Crippen molar-refractivity contribution in [3.05, 3.63) is 66.2 Å². The molecule has 2 aromatic rings. The van der Waals surface area contributed by atoms with Crippen molar-refractivity contribution >= 4 is 25.5 Å². The van der Waals surface area contributed by atoms with Gasteiger partial charge >= 0.3 is 0 Å². The van der Waals surface area contributed by atoms with Gasteiger partial charge in [0, 0.05) is 0 Å². The standard InChI is InChI=1S/C18H19NO4S2/c1-14-9-11-16(12-10-14)25(22,23)19-13-5-6-15(2)24(20,21)18-8-4-3-7-17(18)19/h3-12,15H,13H2,1-2H3/b6-5-. The first-order valence-corrected chi connectivity index (χ1v) is 10.8. The van der Waals surface area contributed by atoms with Gasteiger partial charge in [-0.2, -0.15) is 0 Å². The minimum Gasteiger partial charge on any atom is -0.261 e. The van der Waals surface area contributed by atoms with Gasteiger partial charge in [-0.05, 0) is 38.1 Å². The normalized spacial score (nSPS) is 21.0. The molecule has 5 nitrogen and oxygen atoms in total. The van der Waals surface area contributed by atoms with Crippen LogP contribution >= 0.6 is 0 Å². The maximum absolute atomic E-state index is 13.1. The van der Waals surface area contributed by atoms with E-state index in [4.69, 9.17) is 0 Å². The summed E-state index contributed by atoms with van der Waals surface area (Å²) >= 11 is 0. The molecule has 0 fully saturated rings. The Morgan fingerprint density at radius 3 is 2.36 bits per heavy atom. The average molecular weight is 377 g/mol. The van der Waals surface area contributed by atoms with E-state index in [0.717, 1.165) is 9.87 Å². The molecule has 3 rings (SSSR count). The second-order valence-electron chi connectivity index (χ2n) is 6.00. The summed E-state index contributed by atoms with van der Waals surface area (Å²) in [6.45, 7) is 3.54. The molecule has 0 saturated heterocycles. The van der Waals surface area contributed by atoms with Crippen LogP contribution in [0.5, 0.6) is 0 Å². The number of hydrogen-bond donors (Lipinski definition) is 0. The lowest BCUT2D eigenvalue weighted by Gasteiger charge is -2.27. The summed E-state index contributed by atoms with van der Waals surface area (Å²) in [5, 5.41) is -0.710. The number of anilines is 1. The minimum atomic E-state index is -3.88. The number of sulfonamides is 1. The highest BCUT2D eigenvalue weighted by Crippen LogP contribution is 2.33. The molecule has 0 radical (unpaired) electrons. The number of hydrogen-bond acceptors (Lipinski definition) is 4. The first kappa shape index (κ1) is 17.7. The second kappa shape index (κ2) is 6.31. The van der Waals surface area contributed by atoms with Gasteiger partial charge in [0.15, 0.2) is 9.84 Å². The number of sulfone groups is 1. The fourth-order valence-electron chi connectivity index (χ4n) is 2.72.